The maximum Gasteiger partial charge on any atom is 2.00 e. The first kappa shape index (κ1) is 63.0. The van der Waals surface area contributed by atoms with Gasteiger partial charge in [0.15, 0.2) is 0 Å². The van der Waals surface area contributed by atoms with Crippen LogP contribution >= 0.6 is 0 Å². The Balaban J connectivity index is -0.000000000333. The Morgan fingerprint density at radius 3 is 1.00 bits per heavy atom. The van der Waals surface area contributed by atoms with Crippen LogP contribution < -0.4 is 80.9 Å². The van der Waals surface area contributed by atoms with Crippen molar-refractivity contribution in [2.45, 2.75) is 0 Å². The van der Waals surface area contributed by atoms with Gasteiger partial charge in [-0.15, -0.1) is 0 Å². The quantitative estimate of drug-likeness (QED) is 0.401. The van der Waals surface area contributed by atoms with E-state index in [1.165, 1.54) is 15.9 Å². The van der Waals surface area contributed by atoms with Crippen molar-refractivity contribution >= 4 is 15.9 Å². The molecular weight excluding hydrogens is 270 g/mol. The fourth-order valence-electron chi connectivity index (χ4n) is 0. The minimum absolute atomic E-state index is 0. The van der Waals surface area contributed by atoms with E-state index in [2.05, 4.69) is 0 Å². The predicted molar refractivity (Wildman–Crippen MR) is 11.4 cm³/mol. The Kier molecular flexibility index (Phi) is 616. The first-order valence-electron chi connectivity index (χ1n) is 0.167. The fraction of sp³-hybridized carbons (Fsp3) is 0. The van der Waals surface area contributed by atoms with E-state index in [1.807, 2.05) is 0 Å². The summed E-state index contributed by atoms with van der Waals surface area (Å²) in [4.78, 5) is 0. The van der Waals surface area contributed by atoms with Crippen LogP contribution in [-0.4, -0.2) is 21.4 Å². The van der Waals surface area contributed by atoms with Gasteiger partial charge >= 0.3 is 120 Å². The monoisotopic (exact) mass is 272 g/mol. The van der Waals surface area contributed by atoms with Gasteiger partial charge in [0.1, 0.15) is 0 Å². The van der Waals surface area contributed by atoms with E-state index in [-0.39, 0.29) is 117 Å². The van der Waals surface area contributed by atoms with Gasteiger partial charge in [-0.3, -0.25) is 0 Å². The molecule has 0 aliphatic carbocycles. The number of hydrogen-bond acceptors (Lipinski definition) is 1. The van der Waals surface area contributed by atoms with E-state index < -0.39 is 0 Å². The molecule has 0 aromatic rings. The summed E-state index contributed by atoms with van der Waals surface area (Å²) in [6.07, 6.45) is 0. The van der Waals surface area contributed by atoms with Crippen molar-refractivity contribution in [1.82, 2.24) is 0 Å². The van der Waals surface area contributed by atoms with E-state index in [9.17, 15) is 0 Å². The molecule has 0 heterocycles. The maximum absolute atomic E-state index is 8.12. The average molecular weight is 272 g/mol. The van der Waals surface area contributed by atoms with Crippen molar-refractivity contribution in [3.63, 3.8) is 0 Å². The molecule has 0 rings (SSSR count). The first-order chi connectivity index (χ1) is 1.00. The molecule has 0 aliphatic rings. The van der Waals surface area contributed by atoms with Crippen LogP contribution in [0.15, 0.2) is 0 Å². The molecule has 2 N–H and O–H groups in total. The van der Waals surface area contributed by atoms with Crippen molar-refractivity contribution < 1.29 is 121 Å². The smallest absolute Gasteiger partial charge is 2.00 e. The molecule has 0 bridgehead atoms. The minimum Gasteiger partial charge on any atom is -2.00 e. The molecule has 0 aliphatic heterocycles. The standard InChI is InChI=1S/K.Na.OSe.H2O.2O.Zn/c;;1-2;;;;/h;;;1H2;;;/q2*+1;;;2*-2;+2. The van der Waals surface area contributed by atoms with Crippen LogP contribution in [0.5, 0.6) is 0 Å². The van der Waals surface area contributed by atoms with Gasteiger partial charge in [-0.2, -0.15) is 0 Å². The predicted octanol–water partition coefficient (Wildman–Crippen LogP) is -7.56. The van der Waals surface area contributed by atoms with Crippen molar-refractivity contribution in [1.29, 1.82) is 0 Å². The van der Waals surface area contributed by atoms with Gasteiger partial charge in [0.05, 0.1) is 0 Å². The third kappa shape index (κ3) is 56.6. The molecule has 0 atom stereocenters. The Bertz CT molecular complexity index is 16.0. The Morgan fingerprint density at radius 1 is 1.00 bits per heavy atom. The Morgan fingerprint density at radius 2 is 1.00 bits per heavy atom. The fourth-order valence-corrected chi connectivity index (χ4v) is 0. The molecule has 0 unspecified atom stereocenters. The molecule has 8 heteroatoms. The largest absolute Gasteiger partial charge is 2.00 e. The number of hydrogen-bond donors (Lipinski definition) is 0. The van der Waals surface area contributed by atoms with Gasteiger partial charge in [-0.05, 0) is 0 Å². The van der Waals surface area contributed by atoms with Crippen LogP contribution in [0.2, 0.25) is 0 Å². The normalized spacial score (nSPS) is 0.500. The van der Waals surface area contributed by atoms with Crippen molar-refractivity contribution in [3.05, 3.63) is 0 Å². The summed E-state index contributed by atoms with van der Waals surface area (Å²) in [5.74, 6) is 0. The van der Waals surface area contributed by atoms with Crippen LogP contribution in [0.4, 0.5) is 0 Å². The molecule has 0 spiro atoms. The zero-order valence-corrected chi connectivity index (χ0v) is 14.6. The summed E-state index contributed by atoms with van der Waals surface area (Å²) >= 11 is 1.38. The van der Waals surface area contributed by atoms with Crippen molar-refractivity contribution in [2.75, 3.05) is 0 Å². The van der Waals surface area contributed by atoms with Gasteiger partial charge in [0, 0.05) is 0 Å². The minimum atomic E-state index is 0. The molecule has 0 aromatic carbocycles. The van der Waals surface area contributed by atoms with Crippen molar-refractivity contribution in [2.24, 2.45) is 0 Å². The third-order valence-corrected chi connectivity index (χ3v) is 0. The summed E-state index contributed by atoms with van der Waals surface area (Å²) in [7, 11) is 0. The zero-order chi connectivity index (χ0) is 2.00. The van der Waals surface area contributed by atoms with Gasteiger partial charge in [0.2, 0.25) is 0 Å². The van der Waals surface area contributed by atoms with Gasteiger partial charge < -0.3 is 16.4 Å². The molecular formula is H2KNaO4SeZn. The van der Waals surface area contributed by atoms with Crippen molar-refractivity contribution in [3.8, 4) is 0 Å². The van der Waals surface area contributed by atoms with Crippen LogP contribution in [0.25, 0.3) is 0 Å². The van der Waals surface area contributed by atoms with E-state index in [0.29, 0.717) is 0 Å². The van der Waals surface area contributed by atoms with Crippen LogP contribution in [0, 0.1) is 0 Å². The van der Waals surface area contributed by atoms with Gasteiger partial charge in [-0.1, -0.05) is 0 Å². The molecule has 0 saturated heterocycles. The topological polar surface area (TPSA) is 106 Å². The Hall–Kier alpha value is 3.46. The third-order valence-electron chi connectivity index (χ3n) is 0. The second-order valence-electron chi connectivity index (χ2n) is 0. The van der Waals surface area contributed by atoms with Gasteiger partial charge in [-0.25, -0.2) is 0 Å². The average Bonchev–Trinajstić information content (AvgIpc) is 1.00. The van der Waals surface area contributed by atoms with E-state index in [1.54, 1.807) is 0 Å². The number of rotatable bonds is 0. The summed E-state index contributed by atoms with van der Waals surface area (Å²) in [5, 5.41) is 0. The zero-order valence-electron chi connectivity index (χ0n) is 4.84. The van der Waals surface area contributed by atoms with Gasteiger partial charge in [0.25, 0.3) is 0 Å². The maximum atomic E-state index is 8.12. The Labute approximate surface area is 133 Å². The van der Waals surface area contributed by atoms with E-state index >= 15 is 0 Å². The molecule has 8 heavy (non-hydrogen) atoms. The first-order valence-corrected chi connectivity index (χ1v) is 0.866. The van der Waals surface area contributed by atoms with Crippen LogP contribution in [0.3, 0.4) is 0 Å². The molecule has 4 nitrogen and oxygen atoms in total. The van der Waals surface area contributed by atoms with E-state index in [0.717, 1.165) is 0 Å². The molecule has 0 amide bonds. The van der Waals surface area contributed by atoms with Crippen LogP contribution in [0.1, 0.15) is 0 Å². The summed E-state index contributed by atoms with van der Waals surface area (Å²) in [5.41, 5.74) is 0. The SMILES string of the molecule is O.O=[Se].[K+].[Na+].[O-2].[O-2].[Zn+2]. The molecule has 0 aromatic heterocycles. The van der Waals surface area contributed by atoms with E-state index in [4.69, 9.17) is 3.83 Å². The molecule has 0 saturated carbocycles. The molecule has 36 valence electrons. The molecule has 0 fully saturated rings. The van der Waals surface area contributed by atoms with Crippen LogP contribution in [-0.2, 0) is 34.3 Å². The molecule has 0 radical (unpaired) electrons. The summed E-state index contributed by atoms with van der Waals surface area (Å²) < 4.78 is 8.12. The summed E-state index contributed by atoms with van der Waals surface area (Å²) in [6.45, 7) is 0. The second kappa shape index (κ2) is 78.2. The second-order valence-corrected chi connectivity index (χ2v) is 0. The summed E-state index contributed by atoms with van der Waals surface area (Å²) in [6, 6.07) is 0.